The van der Waals surface area contributed by atoms with E-state index in [0.29, 0.717) is 12.0 Å². The van der Waals surface area contributed by atoms with Crippen molar-refractivity contribution in [2.24, 2.45) is 11.3 Å². The van der Waals surface area contributed by atoms with Crippen LogP contribution in [0, 0.1) is 11.3 Å². The van der Waals surface area contributed by atoms with Crippen molar-refractivity contribution in [1.82, 2.24) is 15.1 Å². The lowest BCUT2D eigenvalue weighted by Gasteiger charge is -2.37. The number of amides is 1. The summed E-state index contributed by atoms with van der Waals surface area (Å²) >= 11 is 0. The number of hydrogen-bond donors (Lipinski definition) is 2. The first-order chi connectivity index (χ1) is 11.6. The maximum absolute atomic E-state index is 13.1. The Hall–Kier alpha value is -1.59. The highest BCUT2D eigenvalue weighted by molar-refractivity contribution is 5.97. The molecule has 1 aliphatic carbocycles. The van der Waals surface area contributed by atoms with Crippen LogP contribution in [0.15, 0.2) is 24.4 Å². The molecule has 6 heteroatoms. The Morgan fingerprint density at radius 2 is 2.24 bits per heavy atom. The number of benzene rings is 1. The number of aromatic nitrogens is 2. The Bertz CT molecular complexity index is 772. The SMILES string of the molecule is CC(C)n1ncc2ccc(NC(=O)[C@@]34CCCC[C@H]3CNC4)cc21.Cl. The normalized spacial score (nSPS) is 25.6. The minimum absolute atomic E-state index is 0. The summed E-state index contributed by atoms with van der Waals surface area (Å²) in [4.78, 5) is 13.1. The molecule has 2 fully saturated rings. The average Bonchev–Trinajstić information content (AvgIpc) is 3.19. The Balaban J connectivity index is 0.00000182. The largest absolute Gasteiger partial charge is 0.325 e. The van der Waals surface area contributed by atoms with Crippen LogP contribution in [0.1, 0.15) is 45.6 Å². The number of fused-ring (bicyclic) bond motifs is 2. The molecule has 5 nitrogen and oxygen atoms in total. The lowest BCUT2D eigenvalue weighted by atomic mass is 9.67. The molecule has 136 valence electrons. The molecule has 1 aliphatic heterocycles. The highest BCUT2D eigenvalue weighted by Crippen LogP contribution is 2.44. The fraction of sp³-hybridized carbons (Fsp3) is 0.579. The summed E-state index contributed by atoms with van der Waals surface area (Å²) in [5, 5.41) is 12.2. The van der Waals surface area contributed by atoms with Crippen LogP contribution in [0.2, 0.25) is 0 Å². The molecule has 1 aromatic carbocycles. The van der Waals surface area contributed by atoms with Crippen LogP contribution in [0.3, 0.4) is 0 Å². The van der Waals surface area contributed by atoms with Crippen LogP contribution in [-0.4, -0.2) is 28.8 Å². The molecular formula is C19H27ClN4O. The van der Waals surface area contributed by atoms with E-state index in [0.717, 1.165) is 42.5 Å². The Kier molecular flexibility index (Phi) is 5.07. The number of nitrogens with one attached hydrogen (secondary N) is 2. The molecule has 2 heterocycles. The zero-order chi connectivity index (χ0) is 16.7. The minimum Gasteiger partial charge on any atom is -0.325 e. The van der Waals surface area contributed by atoms with Crippen molar-refractivity contribution in [2.45, 2.75) is 45.6 Å². The highest BCUT2D eigenvalue weighted by atomic mass is 35.5. The Morgan fingerprint density at radius 1 is 1.40 bits per heavy atom. The van der Waals surface area contributed by atoms with E-state index in [9.17, 15) is 4.79 Å². The molecule has 1 aromatic heterocycles. The summed E-state index contributed by atoms with van der Waals surface area (Å²) in [5.74, 6) is 0.670. The fourth-order valence-corrected chi connectivity index (χ4v) is 4.47. The van der Waals surface area contributed by atoms with Gasteiger partial charge in [-0.25, -0.2) is 0 Å². The molecule has 2 aliphatic rings. The van der Waals surface area contributed by atoms with Gasteiger partial charge < -0.3 is 10.6 Å². The van der Waals surface area contributed by atoms with Gasteiger partial charge in [-0.2, -0.15) is 5.10 Å². The zero-order valence-corrected chi connectivity index (χ0v) is 15.7. The van der Waals surface area contributed by atoms with E-state index >= 15 is 0 Å². The number of carbonyl (C=O) groups is 1. The van der Waals surface area contributed by atoms with Crippen LogP contribution in [-0.2, 0) is 4.79 Å². The first kappa shape index (κ1) is 18.2. The summed E-state index contributed by atoms with van der Waals surface area (Å²) < 4.78 is 2.00. The van der Waals surface area contributed by atoms with Crippen molar-refractivity contribution in [3.8, 4) is 0 Å². The average molecular weight is 363 g/mol. The standard InChI is InChI=1S/C19H26N4O.ClH/c1-13(2)23-17-9-16(7-6-14(17)10-21-23)22-18(24)19-8-4-3-5-15(19)11-20-12-19;/h6-7,9-10,13,15,20H,3-5,8,11-12H2,1-2H3,(H,22,24);1H/t15-,19+;/m0./s1. The van der Waals surface area contributed by atoms with Crippen molar-refractivity contribution >= 4 is 34.9 Å². The van der Waals surface area contributed by atoms with Crippen LogP contribution < -0.4 is 10.6 Å². The van der Waals surface area contributed by atoms with E-state index in [1.54, 1.807) is 0 Å². The number of anilines is 1. The van der Waals surface area contributed by atoms with E-state index in [4.69, 9.17) is 0 Å². The lowest BCUT2D eigenvalue weighted by Crippen LogP contribution is -2.44. The smallest absolute Gasteiger partial charge is 0.232 e. The predicted octanol–water partition coefficient (Wildman–Crippen LogP) is 3.76. The molecule has 0 radical (unpaired) electrons. The van der Waals surface area contributed by atoms with Crippen LogP contribution in [0.4, 0.5) is 5.69 Å². The molecule has 25 heavy (non-hydrogen) atoms. The Labute approximate surface area is 155 Å². The van der Waals surface area contributed by atoms with Gasteiger partial charge in [0.1, 0.15) is 0 Å². The molecule has 0 unspecified atom stereocenters. The summed E-state index contributed by atoms with van der Waals surface area (Å²) in [5.41, 5.74) is 1.73. The lowest BCUT2D eigenvalue weighted by molar-refractivity contribution is -0.128. The molecule has 2 aromatic rings. The minimum atomic E-state index is -0.217. The number of halogens is 1. The van der Waals surface area contributed by atoms with E-state index in [1.807, 2.05) is 23.0 Å². The van der Waals surface area contributed by atoms with Crippen LogP contribution >= 0.6 is 12.4 Å². The summed E-state index contributed by atoms with van der Waals surface area (Å²) in [7, 11) is 0. The highest BCUT2D eigenvalue weighted by Gasteiger charge is 2.49. The van der Waals surface area contributed by atoms with Gasteiger partial charge >= 0.3 is 0 Å². The maximum atomic E-state index is 13.1. The Morgan fingerprint density at radius 3 is 3.04 bits per heavy atom. The third-order valence-electron chi connectivity index (χ3n) is 5.84. The maximum Gasteiger partial charge on any atom is 0.232 e. The molecular weight excluding hydrogens is 336 g/mol. The van der Waals surface area contributed by atoms with Gasteiger partial charge in [-0.3, -0.25) is 9.48 Å². The van der Waals surface area contributed by atoms with Gasteiger partial charge in [0, 0.05) is 23.7 Å². The summed E-state index contributed by atoms with van der Waals surface area (Å²) in [6, 6.07) is 6.38. The monoisotopic (exact) mass is 362 g/mol. The predicted molar refractivity (Wildman–Crippen MR) is 103 cm³/mol. The van der Waals surface area contributed by atoms with Gasteiger partial charge in [0.15, 0.2) is 0 Å². The number of hydrogen-bond acceptors (Lipinski definition) is 3. The van der Waals surface area contributed by atoms with Gasteiger partial charge in [0.05, 0.1) is 17.1 Å². The quantitative estimate of drug-likeness (QED) is 0.874. The molecule has 2 N–H and O–H groups in total. The first-order valence-corrected chi connectivity index (χ1v) is 9.09. The van der Waals surface area contributed by atoms with Gasteiger partial charge in [-0.05, 0) is 57.4 Å². The van der Waals surface area contributed by atoms with Crippen molar-refractivity contribution in [3.05, 3.63) is 24.4 Å². The van der Waals surface area contributed by atoms with Crippen molar-refractivity contribution in [1.29, 1.82) is 0 Å². The first-order valence-electron chi connectivity index (χ1n) is 9.09. The second-order valence-corrected chi connectivity index (χ2v) is 7.64. The van der Waals surface area contributed by atoms with E-state index < -0.39 is 0 Å². The number of carbonyl (C=O) groups excluding carboxylic acids is 1. The molecule has 1 amide bonds. The third-order valence-corrected chi connectivity index (χ3v) is 5.84. The zero-order valence-electron chi connectivity index (χ0n) is 14.9. The molecule has 1 saturated heterocycles. The molecule has 1 saturated carbocycles. The topological polar surface area (TPSA) is 59.0 Å². The van der Waals surface area contributed by atoms with Crippen LogP contribution in [0.5, 0.6) is 0 Å². The van der Waals surface area contributed by atoms with E-state index in [-0.39, 0.29) is 23.7 Å². The van der Waals surface area contributed by atoms with Gasteiger partial charge in [-0.1, -0.05) is 12.8 Å². The molecule has 0 spiro atoms. The third kappa shape index (κ3) is 3.04. The van der Waals surface area contributed by atoms with Gasteiger partial charge in [0.25, 0.3) is 0 Å². The van der Waals surface area contributed by atoms with Gasteiger partial charge in [0.2, 0.25) is 5.91 Å². The summed E-state index contributed by atoms with van der Waals surface area (Å²) in [6.45, 7) is 6.03. The van der Waals surface area contributed by atoms with Crippen molar-refractivity contribution in [3.63, 3.8) is 0 Å². The second-order valence-electron chi connectivity index (χ2n) is 7.64. The van der Waals surface area contributed by atoms with Crippen molar-refractivity contribution < 1.29 is 4.79 Å². The van der Waals surface area contributed by atoms with Crippen molar-refractivity contribution in [2.75, 3.05) is 18.4 Å². The number of rotatable bonds is 3. The van der Waals surface area contributed by atoms with Gasteiger partial charge in [-0.15, -0.1) is 12.4 Å². The molecule has 2 atom stereocenters. The van der Waals surface area contributed by atoms with E-state index in [1.165, 1.54) is 12.8 Å². The summed E-state index contributed by atoms with van der Waals surface area (Å²) in [6.07, 6.45) is 6.46. The van der Waals surface area contributed by atoms with Crippen LogP contribution in [0.25, 0.3) is 10.9 Å². The fourth-order valence-electron chi connectivity index (χ4n) is 4.47. The molecule has 4 rings (SSSR count). The number of nitrogens with zero attached hydrogens (tertiary/aromatic N) is 2. The second kappa shape index (κ2) is 6.96. The molecule has 0 bridgehead atoms. The van der Waals surface area contributed by atoms with E-state index in [2.05, 4.69) is 35.6 Å².